The normalized spacial score (nSPS) is 12.7. The quantitative estimate of drug-likeness (QED) is 0.780. The van der Waals surface area contributed by atoms with Gasteiger partial charge in [-0.1, -0.05) is 27.2 Å². The van der Waals surface area contributed by atoms with Crippen LogP contribution in [0.5, 0.6) is 0 Å². The van der Waals surface area contributed by atoms with Gasteiger partial charge >= 0.3 is 0 Å². The number of hydrogen-bond donors (Lipinski definition) is 2. The van der Waals surface area contributed by atoms with Crippen molar-refractivity contribution < 1.29 is 9.90 Å². The number of nitrogens with one attached hydrogen (secondary N) is 1. The van der Waals surface area contributed by atoms with Gasteiger partial charge in [-0.2, -0.15) is 0 Å². The molecule has 0 aliphatic rings. The Balaban J connectivity index is 2.46. The minimum absolute atomic E-state index is 0.0100. The molecule has 0 aromatic carbocycles. The van der Waals surface area contributed by atoms with E-state index in [1.807, 2.05) is 30.0 Å². The van der Waals surface area contributed by atoms with E-state index in [1.165, 1.54) is 0 Å². The Labute approximate surface area is 109 Å². The molecule has 1 atom stereocenters. The third-order valence-corrected chi connectivity index (χ3v) is 2.75. The molecule has 102 valence electrons. The summed E-state index contributed by atoms with van der Waals surface area (Å²) in [6.45, 7) is 7.18. The molecule has 4 heteroatoms. The molecule has 0 bridgehead atoms. The highest BCUT2D eigenvalue weighted by atomic mass is 16.3. The van der Waals surface area contributed by atoms with Crippen LogP contribution >= 0.6 is 0 Å². The van der Waals surface area contributed by atoms with E-state index in [2.05, 4.69) is 19.2 Å². The fraction of sp³-hybridized carbons (Fsp3) is 0.643. The van der Waals surface area contributed by atoms with Crippen LogP contribution in [0.3, 0.4) is 0 Å². The van der Waals surface area contributed by atoms with Crippen molar-refractivity contribution in [3.63, 3.8) is 0 Å². The number of nitrogens with zero attached hydrogens (tertiary/aromatic N) is 1. The summed E-state index contributed by atoms with van der Waals surface area (Å²) in [6.07, 6.45) is 4.96. The summed E-state index contributed by atoms with van der Waals surface area (Å²) in [7, 11) is 0. The van der Waals surface area contributed by atoms with Gasteiger partial charge in [0.05, 0.1) is 6.10 Å². The van der Waals surface area contributed by atoms with E-state index in [0.717, 1.165) is 18.4 Å². The van der Waals surface area contributed by atoms with Crippen molar-refractivity contribution in [2.75, 3.05) is 6.54 Å². The van der Waals surface area contributed by atoms with Gasteiger partial charge in [0.2, 0.25) is 5.91 Å². The molecule has 0 aliphatic carbocycles. The Morgan fingerprint density at radius 1 is 1.50 bits per heavy atom. The van der Waals surface area contributed by atoms with Crippen LogP contribution in [0.1, 0.15) is 45.3 Å². The maximum Gasteiger partial charge on any atom is 0.239 e. The van der Waals surface area contributed by atoms with Crippen LogP contribution in [0, 0.1) is 5.92 Å². The highest BCUT2D eigenvalue weighted by Gasteiger charge is 2.09. The number of amides is 1. The van der Waals surface area contributed by atoms with Crippen molar-refractivity contribution in [2.24, 2.45) is 5.92 Å². The van der Waals surface area contributed by atoms with Gasteiger partial charge in [0.15, 0.2) is 0 Å². The maximum atomic E-state index is 11.6. The minimum Gasteiger partial charge on any atom is -0.388 e. The van der Waals surface area contributed by atoms with Gasteiger partial charge in [-0.25, -0.2) is 0 Å². The summed E-state index contributed by atoms with van der Waals surface area (Å²) in [6, 6.07) is 1.87. The third kappa shape index (κ3) is 4.92. The Bertz CT molecular complexity index is 372. The van der Waals surface area contributed by atoms with E-state index in [4.69, 9.17) is 0 Å². The third-order valence-electron chi connectivity index (χ3n) is 2.75. The Hall–Kier alpha value is -1.29. The Morgan fingerprint density at radius 2 is 2.22 bits per heavy atom. The first-order valence-corrected chi connectivity index (χ1v) is 6.63. The summed E-state index contributed by atoms with van der Waals surface area (Å²) >= 11 is 0. The van der Waals surface area contributed by atoms with Gasteiger partial charge in [0.1, 0.15) is 6.54 Å². The van der Waals surface area contributed by atoms with E-state index >= 15 is 0 Å². The van der Waals surface area contributed by atoms with Gasteiger partial charge in [0.25, 0.3) is 0 Å². The number of aromatic nitrogens is 1. The van der Waals surface area contributed by atoms with Gasteiger partial charge in [-0.3, -0.25) is 4.79 Å². The summed E-state index contributed by atoms with van der Waals surface area (Å²) in [5.41, 5.74) is 0.883. The molecule has 2 N–H and O–H groups in total. The number of hydrogen-bond acceptors (Lipinski definition) is 2. The second kappa shape index (κ2) is 7.21. The van der Waals surface area contributed by atoms with Crippen molar-refractivity contribution in [1.29, 1.82) is 0 Å². The van der Waals surface area contributed by atoms with Crippen molar-refractivity contribution in [2.45, 2.75) is 46.3 Å². The SMILES string of the molecule is CCCC(O)c1ccn(CC(=O)NCC(C)C)c1. The molecular formula is C14H24N2O2. The van der Waals surface area contributed by atoms with Crippen LogP contribution in [0.4, 0.5) is 0 Å². The summed E-state index contributed by atoms with van der Waals surface area (Å²) in [4.78, 5) is 11.6. The molecule has 1 heterocycles. The molecule has 0 fully saturated rings. The average Bonchev–Trinajstić information content (AvgIpc) is 2.75. The van der Waals surface area contributed by atoms with Gasteiger partial charge in [-0.15, -0.1) is 0 Å². The van der Waals surface area contributed by atoms with Gasteiger partial charge in [-0.05, 0) is 24.0 Å². The Morgan fingerprint density at radius 3 is 2.83 bits per heavy atom. The van der Waals surface area contributed by atoms with Crippen LogP contribution in [-0.4, -0.2) is 22.1 Å². The van der Waals surface area contributed by atoms with Crippen molar-refractivity contribution in [3.8, 4) is 0 Å². The molecule has 0 radical (unpaired) electrons. The van der Waals surface area contributed by atoms with E-state index < -0.39 is 6.10 Å². The zero-order valence-electron chi connectivity index (χ0n) is 11.5. The topological polar surface area (TPSA) is 54.3 Å². The Kier molecular flexibility index (Phi) is 5.92. The highest BCUT2D eigenvalue weighted by Crippen LogP contribution is 2.18. The molecule has 1 aromatic rings. The van der Waals surface area contributed by atoms with E-state index in [-0.39, 0.29) is 5.91 Å². The summed E-state index contributed by atoms with van der Waals surface area (Å²) in [5.74, 6) is 0.469. The molecule has 0 saturated carbocycles. The lowest BCUT2D eigenvalue weighted by atomic mass is 10.1. The number of rotatable bonds is 7. The van der Waals surface area contributed by atoms with Crippen molar-refractivity contribution in [3.05, 3.63) is 24.0 Å². The predicted octanol–water partition coefficient (Wildman–Crippen LogP) is 2.09. The zero-order chi connectivity index (χ0) is 13.5. The lowest BCUT2D eigenvalue weighted by molar-refractivity contribution is -0.121. The van der Waals surface area contributed by atoms with E-state index in [1.54, 1.807) is 0 Å². The maximum absolute atomic E-state index is 11.6. The number of aliphatic hydroxyl groups excluding tert-OH is 1. The van der Waals surface area contributed by atoms with Crippen LogP contribution in [0.25, 0.3) is 0 Å². The molecule has 4 nitrogen and oxygen atoms in total. The largest absolute Gasteiger partial charge is 0.388 e. The molecule has 0 aliphatic heterocycles. The first-order chi connectivity index (χ1) is 8.52. The van der Waals surface area contributed by atoms with Gasteiger partial charge in [0, 0.05) is 18.9 Å². The first kappa shape index (κ1) is 14.8. The fourth-order valence-electron chi connectivity index (χ4n) is 1.73. The lowest BCUT2D eigenvalue weighted by Crippen LogP contribution is -2.30. The number of carbonyl (C=O) groups is 1. The zero-order valence-corrected chi connectivity index (χ0v) is 11.5. The monoisotopic (exact) mass is 252 g/mol. The summed E-state index contributed by atoms with van der Waals surface area (Å²) < 4.78 is 1.81. The van der Waals surface area contributed by atoms with Crippen LogP contribution in [-0.2, 0) is 11.3 Å². The molecular weight excluding hydrogens is 228 g/mol. The lowest BCUT2D eigenvalue weighted by Gasteiger charge is -2.08. The van der Waals surface area contributed by atoms with Crippen LogP contribution in [0.2, 0.25) is 0 Å². The molecule has 1 aromatic heterocycles. The van der Waals surface area contributed by atoms with Crippen LogP contribution in [0.15, 0.2) is 18.5 Å². The van der Waals surface area contributed by atoms with Crippen molar-refractivity contribution >= 4 is 5.91 Å². The predicted molar refractivity (Wildman–Crippen MR) is 72.1 cm³/mol. The second-order valence-corrected chi connectivity index (χ2v) is 5.12. The molecule has 1 amide bonds. The van der Waals surface area contributed by atoms with Gasteiger partial charge < -0.3 is 15.0 Å². The van der Waals surface area contributed by atoms with Crippen molar-refractivity contribution in [1.82, 2.24) is 9.88 Å². The second-order valence-electron chi connectivity index (χ2n) is 5.12. The smallest absolute Gasteiger partial charge is 0.239 e. The standard InChI is InChI=1S/C14H24N2O2/c1-4-5-13(17)12-6-7-16(9-12)10-14(18)15-8-11(2)3/h6-7,9,11,13,17H,4-5,8,10H2,1-3H3,(H,15,18). The number of aliphatic hydroxyl groups is 1. The molecule has 18 heavy (non-hydrogen) atoms. The highest BCUT2D eigenvalue weighted by molar-refractivity contribution is 5.75. The molecule has 1 rings (SSSR count). The molecule has 1 unspecified atom stereocenters. The van der Waals surface area contributed by atoms with E-state index in [9.17, 15) is 9.90 Å². The first-order valence-electron chi connectivity index (χ1n) is 6.63. The van der Waals surface area contributed by atoms with Crippen LogP contribution < -0.4 is 5.32 Å². The minimum atomic E-state index is -0.421. The summed E-state index contributed by atoms with van der Waals surface area (Å²) in [5, 5.41) is 12.7. The fourth-order valence-corrected chi connectivity index (χ4v) is 1.73. The van der Waals surface area contributed by atoms with E-state index in [0.29, 0.717) is 19.0 Å². The average molecular weight is 252 g/mol. The number of carbonyl (C=O) groups excluding carboxylic acids is 1. The molecule has 0 saturated heterocycles. The molecule has 0 spiro atoms.